The monoisotopic (exact) mass is 326 g/mol. The number of carbonyl (C=O) groups is 1. The Morgan fingerprint density at radius 3 is 2.41 bits per heavy atom. The Balaban J connectivity index is 2.44. The number of amides is 1. The second kappa shape index (κ2) is 6.15. The number of sulfonamides is 1. The van der Waals surface area contributed by atoms with Crippen molar-refractivity contribution < 1.29 is 13.2 Å². The summed E-state index contributed by atoms with van der Waals surface area (Å²) < 4.78 is 24.8. The fourth-order valence-corrected chi connectivity index (χ4v) is 3.04. The van der Waals surface area contributed by atoms with Crippen LogP contribution in [-0.2, 0) is 14.8 Å². The topological polar surface area (TPSA) is 66.5 Å². The zero-order valence-electron chi connectivity index (χ0n) is 10.1. The van der Waals surface area contributed by atoms with Gasteiger partial charge in [0.1, 0.15) is 0 Å². The van der Waals surface area contributed by atoms with Gasteiger partial charge in [-0.25, -0.2) is 12.7 Å². The van der Waals surface area contributed by atoms with Gasteiger partial charge in [0.2, 0.25) is 15.9 Å². The first-order valence-corrected chi connectivity index (χ1v) is 8.31. The Morgan fingerprint density at radius 2 is 2.00 bits per heavy atom. The summed E-state index contributed by atoms with van der Waals surface area (Å²) in [6.45, 7) is 4.41. The summed E-state index contributed by atoms with van der Waals surface area (Å²) in [4.78, 5) is 11.2. The van der Waals surface area contributed by atoms with Gasteiger partial charge >= 0.3 is 0 Å². The normalized spacial score (nSPS) is 21.1. The largest absolute Gasteiger partial charge is 0.352 e. The first kappa shape index (κ1) is 14.9. The molecule has 1 aliphatic rings. The van der Waals surface area contributed by atoms with E-state index in [2.05, 4.69) is 21.2 Å². The van der Waals surface area contributed by atoms with Crippen LogP contribution in [0.2, 0.25) is 0 Å². The van der Waals surface area contributed by atoms with Crippen LogP contribution >= 0.6 is 15.9 Å². The van der Waals surface area contributed by atoms with Crippen LogP contribution in [0, 0.1) is 0 Å². The van der Waals surface area contributed by atoms with E-state index < -0.39 is 10.0 Å². The summed E-state index contributed by atoms with van der Waals surface area (Å²) in [7, 11) is -3.08. The molecule has 1 amide bonds. The van der Waals surface area contributed by atoms with Crippen molar-refractivity contribution in [1.82, 2.24) is 9.62 Å². The van der Waals surface area contributed by atoms with Crippen LogP contribution < -0.4 is 5.32 Å². The van der Waals surface area contributed by atoms with E-state index in [4.69, 9.17) is 0 Å². The molecule has 0 aromatic rings. The fourth-order valence-electron chi connectivity index (χ4n) is 1.78. The van der Waals surface area contributed by atoms with E-state index in [0.717, 1.165) is 0 Å². The van der Waals surface area contributed by atoms with Crippen LogP contribution in [0.3, 0.4) is 0 Å². The smallest absolute Gasteiger partial charge is 0.233 e. The Labute approximate surface area is 111 Å². The molecule has 5 nitrogen and oxygen atoms in total. The Hall–Kier alpha value is -0.140. The minimum absolute atomic E-state index is 0.0400. The average molecular weight is 327 g/mol. The summed E-state index contributed by atoms with van der Waals surface area (Å²) in [5.41, 5.74) is 0. The minimum atomic E-state index is -3.08. The average Bonchev–Trinajstić information content (AvgIpc) is 2.29. The second-order valence-electron chi connectivity index (χ2n) is 4.20. The van der Waals surface area contributed by atoms with Crippen molar-refractivity contribution in [2.45, 2.75) is 37.6 Å². The number of hydrogen-bond acceptors (Lipinski definition) is 3. The molecule has 7 heteroatoms. The second-order valence-corrected chi connectivity index (χ2v) is 7.83. The molecule has 0 radical (unpaired) electrons. The van der Waals surface area contributed by atoms with Crippen molar-refractivity contribution in [3.05, 3.63) is 0 Å². The lowest BCUT2D eigenvalue weighted by atomic mass is 10.1. The number of alkyl halides is 1. The molecule has 1 unspecified atom stereocenters. The van der Waals surface area contributed by atoms with E-state index in [1.165, 1.54) is 4.31 Å². The van der Waals surface area contributed by atoms with Crippen molar-refractivity contribution in [2.75, 3.05) is 18.8 Å². The lowest BCUT2D eigenvalue weighted by Gasteiger charge is -2.31. The van der Waals surface area contributed by atoms with Gasteiger partial charge in [0.15, 0.2) is 0 Å². The molecule has 1 fully saturated rings. The molecule has 1 saturated heterocycles. The van der Waals surface area contributed by atoms with Gasteiger partial charge in [-0.2, -0.15) is 0 Å². The third kappa shape index (κ3) is 4.22. The molecule has 0 saturated carbocycles. The predicted octanol–water partition coefficient (Wildman–Crippen LogP) is 0.700. The van der Waals surface area contributed by atoms with Crippen LogP contribution in [0.15, 0.2) is 0 Å². The van der Waals surface area contributed by atoms with Crippen molar-refractivity contribution in [3.63, 3.8) is 0 Å². The number of rotatable bonds is 4. The summed E-state index contributed by atoms with van der Waals surface area (Å²) >= 11 is 3.20. The van der Waals surface area contributed by atoms with Gasteiger partial charge in [0.25, 0.3) is 0 Å². The highest BCUT2D eigenvalue weighted by molar-refractivity contribution is 9.10. The maximum absolute atomic E-state index is 11.6. The number of nitrogens with zero attached hydrogens (tertiary/aromatic N) is 1. The van der Waals surface area contributed by atoms with Crippen LogP contribution in [0.5, 0.6) is 0 Å². The lowest BCUT2D eigenvalue weighted by Crippen LogP contribution is -2.48. The van der Waals surface area contributed by atoms with Gasteiger partial charge < -0.3 is 5.32 Å². The van der Waals surface area contributed by atoms with Gasteiger partial charge in [-0.15, -0.1) is 0 Å². The lowest BCUT2D eigenvalue weighted by molar-refractivity contribution is -0.121. The highest BCUT2D eigenvalue weighted by Crippen LogP contribution is 2.14. The predicted molar refractivity (Wildman–Crippen MR) is 70.6 cm³/mol. The van der Waals surface area contributed by atoms with Crippen LogP contribution in [-0.4, -0.2) is 48.3 Å². The summed E-state index contributed by atoms with van der Waals surface area (Å²) in [6.07, 6.45) is 1.37. The molecule has 0 aromatic carbocycles. The van der Waals surface area contributed by atoms with Gasteiger partial charge in [0.05, 0.1) is 10.6 Å². The van der Waals surface area contributed by atoms with Crippen molar-refractivity contribution >= 4 is 31.9 Å². The minimum Gasteiger partial charge on any atom is -0.352 e. The molecule has 1 atom stereocenters. The van der Waals surface area contributed by atoms with Crippen molar-refractivity contribution in [2.24, 2.45) is 0 Å². The molecular weight excluding hydrogens is 308 g/mol. The molecule has 0 aliphatic carbocycles. The first-order valence-electron chi connectivity index (χ1n) is 5.79. The van der Waals surface area contributed by atoms with E-state index >= 15 is 0 Å². The fraction of sp³-hybridized carbons (Fsp3) is 0.900. The number of halogens is 1. The number of nitrogens with one attached hydrogen (secondary N) is 1. The number of piperidine rings is 1. The van der Waals surface area contributed by atoms with E-state index in [0.29, 0.717) is 25.9 Å². The molecule has 0 bridgehead atoms. The van der Waals surface area contributed by atoms with Crippen LogP contribution in [0.4, 0.5) is 0 Å². The molecule has 1 N–H and O–H groups in total. The maximum atomic E-state index is 11.6. The SMILES string of the molecule is CCS(=O)(=O)N1CCC(NC(=O)C(C)Br)CC1. The third-order valence-corrected chi connectivity index (χ3v) is 5.22. The standard InChI is InChI=1S/C10H19BrN2O3S/c1-3-17(15,16)13-6-4-9(5-7-13)12-10(14)8(2)11/h8-9H,3-7H2,1-2H3,(H,12,14). The van der Waals surface area contributed by atoms with Crippen molar-refractivity contribution in [1.29, 1.82) is 0 Å². The van der Waals surface area contributed by atoms with Crippen LogP contribution in [0.1, 0.15) is 26.7 Å². The first-order chi connectivity index (χ1) is 7.86. The Kier molecular flexibility index (Phi) is 5.40. The Morgan fingerprint density at radius 1 is 1.47 bits per heavy atom. The molecular formula is C10H19BrN2O3S. The van der Waals surface area contributed by atoms with E-state index in [1.54, 1.807) is 13.8 Å². The Bertz CT molecular complexity index is 362. The summed E-state index contributed by atoms with van der Waals surface area (Å²) in [6, 6.07) is 0.0887. The highest BCUT2D eigenvalue weighted by atomic mass is 79.9. The maximum Gasteiger partial charge on any atom is 0.233 e. The van der Waals surface area contributed by atoms with Gasteiger partial charge in [0, 0.05) is 19.1 Å². The van der Waals surface area contributed by atoms with E-state index in [1.807, 2.05) is 0 Å². The molecule has 100 valence electrons. The zero-order chi connectivity index (χ0) is 13.1. The quantitative estimate of drug-likeness (QED) is 0.773. The highest BCUT2D eigenvalue weighted by Gasteiger charge is 2.27. The van der Waals surface area contributed by atoms with Gasteiger partial charge in [-0.3, -0.25) is 4.79 Å². The number of carbonyl (C=O) groups excluding carboxylic acids is 1. The van der Waals surface area contributed by atoms with E-state index in [-0.39, 0.29) is 22.5 Å². The third-order valence-electron chi connectivity index (χ3n) is 2.92. The van der Waals surface area contributed by atoms with Crippen molar-refractivity contribution in [3.8, 4) is 0 Å². The molecule has 1 rings (SSSR count). The zero-order valence-corrected chi connectivity index (χ0v) is 12.6. The number of hydrogen-bond donors (Lipinski definition) is 1. The molecule has 1 heterocycles. The van der Waals surface area contributed by atoms with Gasteiger partial charge in [-0.05, 0) is 26.7 Å². The summed E-state index contributed by atoms with van der Waals surface area (Å²) in [5, 5.41) is 2.90. The molecule has 1 aliphatic heterocycles. The summed E-state index contributed by atoms with van der Waals surface area (Å²) in [5.74, 6) is 0.101. The molecule has 17 heavy (non-hydrogen) atoms. The van der Waals surface area contributed by atoms with Gasteiger partial charge in [-0.1, -0.05) is 15.9 Å². The van der Waals surface area contributed by atoms with Crippen LogP contribution in [0.25, 0.3) is 0 Å². The molecule has 0 spiro atoms. The van der Waals surface area contributed by atoms with E-state index in [9.17, 15) is 13.2 Å². The molecule has 0 aromatic heterocycles.